The van der Waals surface area contributed by atoms with Gasteiger partial charge in [-0.3, -0.25) is 9.97 Å². The second-order valence-electron chi connectivity index (χ2n) is 14.3. The number of piperidine rings is 1. The maximum absolute atomic E-state index is 13.3. The van der Waals surface area contributed by atoms with Crippen LogP contribution in [0.15, 0.2) is 36.8 Å². The maximum Gasteiger partial charge on any atom is 0.410 e. The van der Waals surface area contributed by atoms with Gasteiger partial charge >= 0.3 is 6.09 Å². The van der Waals surface area contributed by atoms with Gasteiger partial charge in [0.1, 0.15) is 21.0 Å². The van der Waals surface area contributed by atoms with Crippen molar-refractivity contribution in [3.05, 3.63) is 53.1 Å². The quantitative estimate of drug-likeness (QED) is 0.301. The van der Waals surface area contributed by atoms with Crippen molar-refractivity contribution in [2.45, 2.75) is 89.2 Å². The van der Waals surface area contributed by atoms with E-state index < -0.39 is 5.60 Å². The molecule has 0 bridgehead atoms. The van der Waals surface area contributed by atoms with Crippen LogP contribution in [0.1, 0.15) is 88.4 Å². The molecule has 9 nitrogen and oxygen atoms in total. The van der Waals surface area contributed by atoms with Crippen molar-refractivity contribution in [1.82, 2.24) is 25.1 Å². The minimum Gasteiger partial charge on any atom is -0.444 e. The zero-order chi connectivity index (χ0) is 29.8. The van der Waals surface area contributed by atoms with Crippen LogP contribution in [0.2, 0.25) is 0 Å². The van der Waals surface area contributed by atoms with E-state index in [2.05, 4.69) is 45.2 Å². The third kappa shape index (κ3) is 6.00. The number of hydrogen-bond donors (Lipinski definition) is 0. The smallest absolute Gasteiger partial charge is 0.410 e. The van der Waals surface area contributed by atoms with Crippen LogP contribution in [0.5, 0.6) is 0 Å². The molecule has 0 N–H and O–H groups in total. The Balaban J connectivity index is 1.07. The van der Waals surface area contributed by atoms with Gasteiger partial charge < -0.3 is 19.3 Å². The fraction of sp³-hybridized carbons (Fsp3) is 0.606. The van der Waals surface area contributed by atoms with Crippen molar-refractivity contribution in [1.29, 1.82) is 0 Å². The summed E-state index contributed by atoms with van der Waals surface area (Å²) < 4.78 is 11.6. The van der Waals surface area contributed by atoms with E-state index in [1.54, 1.807) is 11.3 Å². The van der Waals surface area contributed by atoms with E-state index in [9.17, 15) is 4.79 Å². The van der Waals surface area contributed by atoms with Crippen LogP contribution in [0.25, 0.3) is 10.6 Å². The van der Waals surface area contributed by atoms with Gasteiger partial charge in [0.05, 0.1) is 36.8 Å². The molecule has 2 aliphatic carbocycles. The van der Waals surface area contributed by atoms with Crippen LogP contribution >= 0.6 is 11.3 Å². The summed E-state index contributed by atoms with van der Waals surface area (Å²) in [5.74, 6) is 0.644. The van der Waals surface area contributed by atoms with Gasteiger partial charge in [-0.25, -0.2) is 4.79 Å². The molecule has 3 aromatic heterocycles. The van der Waals surface area contributed by atoms with E-state index in [0.29, 0.717) is 19.1 Å². The van der Waals surface area contributed by atoms with Crippen molar-refractivity contribution in [2.75, 3.05) is 37.7 Å². The van der Waals surface area contributed by atoms with E-state index in [-0.39, 0.29) is 23.0 Å². The summed E-state index contributed by atoms with van der Waals surface area (Å²) in [6.45, 7) is 11.7. The Morgan fingerprint density at radius 1 is 1.14 bits per heavy atom. The molecule has 4 aliphatic rings. The summed E-state index contributed by atoms with van der Waals surface area (Å²) in [5, 5.41) is 11.0. The van der Waals surface area contributed by atoms with E-state index in [1.807, 2.05) is 44.3 Å². The van der Waals surface area contributed by atoms with Crippen LogP contribution < -0.4 is 4.90 Å². The van der Waals surface area contributed by atoms with E-state index >= 15 is 0 Å². The summed E-state index contributed by atoms with van der Waals surface area (Å²) in [4.78, 5) is 27.1. The Hall–Kier alpha value is -3.11. The molecule has 7 rings (SSSR count). The van der Waals surface area contributed by atoms with Crippen LogP contribution in [0.4, 0.5) is 10.5 Å². The number of carbonyl (C=O) groups is 1. The van der Waals surface area contributed by atoms with Crippen molar-refractivity contribution in [3.63, 3.8) is 0 Å². The van der Waals surface area contributed by atoms with Gasteiger partial charge in [0.15, 0.2) is 0 Å². The first-order chi connectivity index (χ1) is 20.6. The van der Waals surface area contributed by atoms with Crippen molar-refractivity contribution in [2.24, 2.45) is 5.41 Å². The van der Waals surface area contributed by atoms with Crippen molar-refractivity contribution in [3.8, 4) is 10.6 Å². The maximum atomic E-state index is 13.3. The van der Waals surface area contributed by atoms with Crippen LogP contribution in [-0.2, 0) is 14.9 Å². The molecule has 0 aromatic carbocycles. The Bertz CT molecular complexity index is 1470. The number of hydrogen-bond acceptors (Lipinski definition) is 9. The first-order valence-corrected chi connectivity index (χ1v) is 16.5. The normalized spacial score (nSPS) is 22.5. The highest BCUT2D eigenvalue weighted by Gasteiger charge is 2.47. The first kappa shape index (κ1) is 28.6. The molecule has 0 radical (unpaired) electrons. The van der Waals surface area contributed by atoms with Crippen LogP contribution in [0, 0.1) is 5.41 Å². The highest BCUT2D eigenvalue weighted by molar-refractivity contribution is 7.14. The fourth-order valence-electron chi connectivity index (χ4n) is 6.18. The average Bonchev–Trinajstić information content (AvgIpc) is 3.89. The van der Waals surface area contributed by atoms with E-state index in [0.717, 1.165) is 59.4 Å². The SMILES string of the molecule is CC1(CN(C(=O)OC(C)(C)C)[C@@H]2CCCN(c3ccc(C4(c5nnc(-c6cncc(C7CC7)c6)s5)COC4)nc3)C2)CC1. The van der Waals surface area contributed by atoms with Crippen LogP contribution in [-0.4, -0.2) is 75.6 Å². The number of carbonyl (C=O) groups excluding carboxylic acids is 1. The minimum absolute atomic E-state index is 0.111. The molecule has 1 atom stereocenters. The second-order valence-corrected chi connectivity index (χ2v) is 15.3. The van der Waals surface area contributed by atoms with Gasteiger partial charge in [-0.2, -0.15) is 0 Å². The lowest BCUT2D eigenvalue weighted by Gasteiger charge is -2.42. The monoisotopic (exact) mass is 602 g/mol. The van der Waals surface area contributed by atoms with Crippen LogP contribution in [0.3, 0.4) is 0 Å². The first-order valence-electron chi connectivity index (χ1n) is 15.7. The molecule has 4 fully saturated rings. The second kappa shape index (κ2) is 10.8. The summed E-state index contributed by atoms with van der Waals surface area (Å²) in [7, 11) is 0. The average molecular weight is 603 g/mol. The predicted octanol–water partition coefficient (Wildman–Crippen LogP) is 6.19. The summed E-state index contributed by atoms with van der Waals surface area (Å²) in [5.41, 5.74) is 3.68. The zero-order valence-electron chi connectivity index (χ0n) is 25.7. The number of pyridine rings is 2. The van der Waals surface area contributed by atoms with Crippen molar-refractivity contribution < 1.29 is 14.3 Å². The standard InChI is InChI=1S/C33H42N6O3S/c1-31(2,3)42-30(40)39(19-32(4)11-12-32)26-6-5-13-38(18-26)25-9-10-27(35-17-25)33(20-41-21-33)29-37-36-28(43-29)24-14-23(15-34-16-24)22-7-8-22/h9-10,14-17,22,26H,5-8,11-13,18-21H2,1-4H3/t26-/m1/s1. The molecule has 228 valence electrons. The highest BCUT2D eigenvalue weighted by atomic mass is 32.1. The largest absolute Gasteiger partial charge is 0.444 e. The van der Waals surface area contributed by atoms with Crippen molar-refractivity contribution >= 4 is 23.1 Å². The molecule has 43 heavy (non-hydrogen) atoms. The fourth-order valence-corrected chi connectivity index (χ4v) is 7.17. The van der Waals surface area contributed by atoms with Gasteiger partial charge in [-0.1, -0.05) is 18.3 Å². The number of aromatic nitrogens is 4. The third-order valence-corrected chi connectivity index (χ3v) is 10.5. The summed E-state index contributed by atoms with van der Waals surface area (Å²) in [6.07, 6.45) is 12.5. The molecule has 0 unspecified atom stereocenters. The van der Waals surface area contributed by atoms with Gasteiger partial charge in [0, 0.05) is 37.6 Å². The molecule has 3 aromatic rings. The van der Waals surface area contributed by atoms with Gasteiger partial charge in [-0.05, 0) is 94.4 Å². The molecule has 2 saturated heterocycles. The zero-order valence-corrected chi connectivity index (χ0v) is 26.5. The lowest BCUT2D eigenvalue weighted by Crippen LogP contribution is -2.53. The summed E-state index contributed by atoms with van der Waals surface area (Å²) >= 11 is 1.61. The lowest BCUT2D eigenvalue weighted by atomic mass is 9.82. The minimum atomic E-state index is -0.514. The topological polar surface area (TPSA) is 93.6 Å². The number of rotatable bonds is 8. The molecule has 0 spiro atoms. The molecular weight excluding hydrogens is 560 g/mol. The predicted molar refractivity (Wildman–Crippen MR) is 166 cm³/mol. The van der Waals surface area contributed by atoms with Gasteiger partial charge in [0.25, 0.3) is 0 Å². The Morgan fingerprint density at radius 3 is 2.60 bits per heavy atom. The van der Waals surface area contributed by atoms with Gasteiger partial charge in [-0.15, -0.1) is 10.2 Å². The Labute approximate surface area is 258 Å². The molecule has 5 heterocycles. The molecule has 2 saturated carbocycles. The molecule has 2 aliphatic heterocycles. The molecule has 1 amide bonds. The Kier molecular flexibility index (Phi) is 7.20. The van der Waals surface area contributed by atoms with E-state index in [1.165, 1.54) is 31.2 Å². The number of anilines is 1. The highest BCUT2D eigenvalue weighted by Crippen LogP contribution is 2.47. The number of nitrogens with zero attached hydrogens (tertiary/aromatic N) is 6. The Morgan fingerprint density at radius 2 is 1.95 bits per heavy atom. The molecular formula is C33H42N6O3S. The van der Waals surface area contributed by atoms with Gasteiger partial charge in [0.2, 0.25) is 0 Å². The summed E-state index contributed by atoms with van der Waals surface area (Å²) in [6, 6.07) is 6.61. The number of ether oxygens (including phenoxy) is 2. The lowest BCUT2D eigenvalue weighted by molar-refractivity contribution is -0.0403. The molecule has 10 heteroatoms. The number of amides is 1. The third-order valence-electron chi connectivity index (χ3n) is 9.31. The van der Waals surface area contributed by atoms with E-state index in [4.69, 9.17) is 14.5 Å².